The van der Waals surface area contributed by atoms with Gasteiger partial charge in [-0.25, -0.2) is 0 Å². The van der Waals surface area contributed by atoms with E-state index in [4.69, 9.17) is 5.84 Å². The van der Waals surface area contributed by atoms with Crippen LogP contribution in [0.2, 0.25) is 0 Å². The van der Waals surface area contributed by atoms with Gasteiger partial charge in [-0.15, -0.1) is 0 Å². The number of nitrogen functional groups attached to an aromatic ring is 1. The molecular formula is C7H10BrN3. The average Bonchev–Trinajstić information content (AvgIpc) is 2.04. The predicted octanol–water partition coefficient (Wildman–Crippen LogP) is 1.78. The molecular weight excluding hydrogens is 206 g/mol. The van der Waals surface area contributed by atoms with E-state index in [0.29, 0.717) is 0 Å². The smallest absolute Gasteiger partial charge is 0.0718 e. The molecule has 1 aromatic rings. The van der Waals surface area contributed by atoms with Crippen molar-refractivity contribution in [2.24, 2.45) is 5.84 Å². The van der Waals surface area contributed by atoms with Crippen LogP contribution in [0.25, 0.3) is 0 Å². The number of hydrogen-bond acceptors (Lipinski definition) is 3. The van der Waals surface area contributed by atoms with E-state index in [2.05, 4.69) is 26.7 Å². The van der Waals surface area contributed by atoms with Crippen LogP contribution in [0.4, 0.5) is 11.4 Å². The average molecular weight is 216 g/mol. The zero-order valence-corrected chi connectivity index (χ0v) is 7.77. The molecule has 0 amide bonds. The summed E-state index contributed by atoms with van der Waals surface area (Å²) in [4.78, 5) is 0. The van der Waals surface area contributed by atoms with Crippen LogP contribution in [0.15, 0.2) is 22.7 Å². The summed E-state index contributed by atoms with van der Waals surface area (Å²) in [5, 5.41) is 3.01. The van der Waals surface area contributed by atoms with Gasteiger partial charge in [0.05, 0.1) is 11.4 Å². The van der Waals surface area contributed by atoms with Crippen molar-refractivity contribution in [3.63, 3.8) is 0 Å². The fraction of sp³-hybridized carbons (Fsp3) is 0.143. The van der Waals surface area contributed by atoms with E-state index in [0.717, 1.165) is 15.8 Å². The van der Waals surface area contributed by atoms with Crippen molar-refractivity contribution >= 4 is 27.3 Å². The van der Waals surface area contributed by atoms with Crippen molar-refractivity contribution in [2.45, 2.75) is 0 Å². The van der Waals surface area contributed by atoms with Crippen molar-refractivity contribution < 1.29 is 0 Å². The van der Waals surface area contributed by atoms with Gasteiger partial charge in [-0.3, -0.25) is 5.84 Å². The maximum Gasteiger partial charge on any atom is 0.0718 e. The number of anilines is 2. The lowest BCUT2D eigenvalue weighted by atomic mass is 10.3. The van der Waals surface area contributed by atoms with Crippen LogP contribution in [0, 0.1) is 0 Å². The maximum absolute atomic E-state index is 5.27. The first-order valence-corrected chi connectivity index (χ1v) is 4.01. The lowest BCUT2D eigenvalue weighted by Crippen LogP contribution is -2.08. The molecule has 0 aromatic heterocycles. The molecule has 60 valence electrons. The minimum absolute atomic E-state index is 0.885. The second kappa shape index (κ2) is 3.59. The lowest BCUT2D eigenvalue weighted by Gasteiger charge is -2.07. The summed E-state index contributed by atoms with van der Waals surface area (Å²) in [6.07, 6.45) is 0. The third-order valence-corrected chi connectivity index (χ3v) is 1.90. The number of nitrogens with two attached hydrogens (primary N) is 1. The predicted molar refractivity (Wildman–Crippen MR) is 51.5 cm³/mol. The van der Waals surface area contributed by atoms with E-state index in [1.54, 1.807) is 0 Å². The Hall–Kier alpha value is -0.740. The first kappa shape index (κ1) is 8.36. The van der Waals surface area contributed by atoms with Crippen molar-refractivity contribution in [3.8, 4) is 0 Å². The molecule has 0 aliphatic rings. The zero-order chi connectivity index (χ0) is 8.27. The molecule has 3 nitrogen and oxygen atoms in total. The molecule has 0 heterocycles. The third-order valence-electron chi connectivity index (χ3n) is 1.41. The molecule has 0 spiro atoms. The van der Waals surface area contributed by atoms with Crippen molar-refractivity contribution in [3.05, 3.63) is 22.7 Å². The number of hydrazine groups is 1. The van der Waals surface area contributed by atoms with E-state index in [-0.39, 0.29) is 0 Å². The normalized spacial score (nSPS) is 9.36. The van der Waals surface area contributed by atoms with Crippen LogP contribution in [0.5, 0.6) is 0 Å². The minimum Gasteiger partial charge on any atom is -0.386 e. The highest BCUT2D eigenvalue weighted by atomic mass is 79.9. The highest BCUT2D eigenvalue weighted by molar-refractivity contribution is 9.10. The topological polar surface area (TPSA) is 50.1 Å². The molecule has 0 saturated heterocycles. The standard InChI is InChI=1S/C7H10BrN3/c1-10-7-4-5(8)2-3-6(7)11-9/h2-4,10-11H,9H2,1H3. The number of benzene rings is 1. The number of rotatable bonds is 2. The Morgan fingerprint density at radius 1 is 1.36 bits per heavy atom. The van der Waals surface area contributed by atoms with Crippen LogP contribution in [-0.2, 0) is 0 Å². The van der Waals surface area contributed by atoms with Crippen LogP contribution in [0.1, 0.15) is 0 Å². The quantitative estimate of drug-likeness (QED) is 0.521. The summed E-state index contributed by atoms with van der Waals surface area (Å²) in [6.45, 7) is 0. The summed E-state index contributed by atoms with van der Waals surface area (Å²) in [7, 11) is 1.85. The zero-order valence-electron chi connectivity index (χ0n) is 6.19. The molecule has 0 saturated carbocycles. The Bertz CT molecular complexity index is 249. The summed E-state index contributed by atoms with van der Waals surface area (Å²) >= 11 is 3.36. The first-order chi connectivity index (χ1) is 5.27. The van der Waals surface area contributed by atoms with Gasteiger partial charge in [0.15, 0.2) is 0 Å². The summed E-state index contributed by atoms with van der Waals surface area (Å²) < 4.78 is 1.03. The highest BCUT2D eigenvalue weighted by Gasteiger charge is 1.97. The molecule has 1 aromatic carbocycles. The molecule has 0 atom stereocenters. The maximum atomic E-state index is 5.27. The summed E-state index contributed by atoms with van der Waals surface area (Å²) in [5.74, 6) is 5.27. The van der Waals surface area contributed by atoms with E-state index < -0.39 is 0 Å². The fourth-order valence-electron chi connectivity index (χ4n) is 0.849. The molecule has 0 bridgehead atoms. The molecule has 0 aliphatic carbocycles. The highest BCUT2D eigenvalue weighted by Crippen LogP contribution is 2.24. The monoisotopic (exact) mass is 215 g/mol. The van der Waals surface area contributed by atoms with Crippen LogP contribution in [0.3, 0.4) is 0 Å². The van der Waals surface area contributed by atoms with E-state index in [1.807, 2.05) is 25.2 Å². The van der Waals surface area contributed by atoms with Gasteiger partial charge in [0.2, 0.25) is 0 Å². The van der Waals surface area contributed by atoms with Crippen molar-refractivity contribution in [1.82, 2.24) is 0 Å². The number of halogens is 1. The SMILES string of the molecule is CNc1cc(Br)ccc1NN. The Labute approximate surface area is 74.1 Å². The minimum atomic E-state index is 0.885. The largest absolute Gasteiger partial charge is 0.386 e. The van der Waals surface area contributed by atoms with Gasteiger partial charge in [0.25, 0.3) is 0 Å². The van der Waals surface area contributed by atoms with Crippen molar-refractivity contribution in [2.75, 3.05) is 17.8 Å². The van der Waals surface area contributed by atoms with E-state index in [9.17, 15) is 0 Å². The Morgan fingerprint density at radius 2 is 2.09 bits per heavy atom. The third kappa shape index (κ3) is 1.85. The molecule has 0 fully saturated rings. The van der Waals surface area contributed by atoms with Gasteiger partial charge in [-0.2, -0.15) is 0 Å². The van der Waals surface area contributed by atoms with Crippen LogP contribution < -0.4 is 16.6 Å². The van der Waals surface area contributed by atoms with Gasteiger partial charge in [-0.05, 0) is 18.2 Å². The molecule has 0 unspecified atom stereocenters. The van der Waals surface area contributed by atoms with E-state index in [1.165, 1.54) is 0 Å². The van der Waals surface area contributed by atoms with Crippen molar-refractivity contribution in [1.29, 1.82) is 0 Å². The second-order valence-electron chi connectivity index (χ2n) is 2.08. The molecule has 0 radical (unpaired) electrons. The van der Waals surface area contributed by atoms with E-state index >= 15 is 0 Å². The molecule has 4 heteroatoms. The van der Waals surface area contributed by atoms with Gasteiger partial charge < -0.3 is 10.7 Å². The van der Waals surface area contributed by atoms with Gasteiger partial charge in [-0.1, -0.05) is 15.9 Å². The van der Waals surface area contributed by atoms with Crippen LogP contribution in [-0.4, -0.2) is 7.05 Å². The molecule has 0 aliphatic heterocycles. The number of nitrogens with one attached hydrogen (secondary N) is 2. The second-order valence-corrected chi connectivity index (χ2v) is 3.00. The first-order valence-electron chi connectivity index (χ1n) is 3.22. The van der Waals surface area contributed by atoms with Gasteiger partial charge >= 0.3 is 0 Å². The summed E-state index contributed by atoms with van der Waals surface area (Å²) in [6, 6.07) is 5.78. The number of hydrogen-bond donors (Lipinski definition) is 3. The van der Waals surface area contributed by atoms with Crippen LogP contribution >= 0.6 is 15.9 Å². The fourth-order valence-corrected chi connectivity index (χ4v) is 1.21. The van der Waals surface area contributed by atoms with Gasteiger partial charge in [0, 0.05) is 11.5 Å². The lowest BCUT2D eigenvalue weighted by molar-refractivity contribution is 1.34. The molecule has 11 heavy (non-hydrogen) atoms. The Morgan fingerprint density at radius 3 is 2.64 bits per heavy atom. The van der Waals surface area contributed by atoms with Gasteiger partial charge in [0.1, 0.15) is 0 Å². The Kier molecular flexibility index (Phi) is 2.73. The Balaban J connectivity index is 3.06. The molecule has 1 rings (SSSR count). The molecule has 4 N–H and O–H groups in total. The summed E-state index contributed by atoms with van der Waals surface area (Å²) in [5.41, 5.74) is 4.45.